The Morgan fingerprint density at radius 1 is 1.05 bits per heavy atom. The molecule has 108 valence electrons. The van der Waals surface area contributed by atoms with E-state index in [9.17, 15) is 9.90 Å². The van der Waals surface area contributed by atoms with Crippen molar-refractivity contribution in [1.82, 2.24) is 0 Å². The van der Waals surface area contributed by atoms with E-state index in [0.29, 0.717) is 11.5 Å². The molecule has 3 nitrogen and oxygen atoms in total. The molecule has 2 aromatic rings. The average Bonchev–Trinajstić information content (AvgIpc) is 2.49. The first-order valence-electron chi connectivity index (χ1n) is 7.27. The molecule has 0 fully saturated rings. The fraction of sp³-hybridized carbons (Fsp3) is 0.278. The lowest BCUT2D eigenvalue weighted by Gasteiger charge is -2.17. The molecule has 0 saturated carbocycles. The number of aromatic carboxylic acids is 1. The number of ether oxygens (including phenoxy) is 1. The Labute approximate surface area is 124 Å². The van der Waals surface area contributed by atoms with E-state index < -0.39 is 5.97 Å². The number of rotatable bonds is 3. The molecule has 3 heteroatoms. The summed E-state index contributed by atoms with van der Waals surface area (Å²) in [5.41, 5.74) is 3.82. The van der Waals surface area contributed by atoms with Gasteiger partial charge in [0.2, 0.25) is 0 Å². The minimum Gasteiger partial charge on any atom is -0.478 e. The van der Waals surface area contributed by atoms with Crippen molar-refractivity contribution in [3.8, 4) is 11.5 Å². The molecule has 0 aromatic heterocycles. The minimum atomic E-state index is -0.966. The molecular formula is C18H18O3. The number of carboxylic acid groups (broad SMARTS) is 1. The first kappa shape index (κ1) is 13.7. The Hall–Kier alpha value is -2.29. The van der Waals surface area contributed by atoms with Crippen molar-refractivity contribution < 1.29 is 14.6 Å². The second-order valence-electron chi connectivity index (χ2n) is 5.54. The molecule has 2 aromatic carbocycles. The predicted molar refractivity (Wildman–Crippen MR) is 81.3 cm³/mol. The fourth-order valence-electron chi connectivity index (χ4n) is 2.80. The molecule has 21 heavy (non-hydrogen) atoms. The summed E-state index contributed by atoms with van der Waals surface area (Å²) in [4.78, 5) is 11.3. The number of hydrogen-bond donors (Lipinski definition) is 1. The SMILES string of the molecule is Cc1ccc(Oc2ccc3c(c2)CCCC3)c(C(=O)O)c1. The highest BCUT2D eigenvalue weighted by molar-refractivity contribution is 5.91. The van der Waals surface area contributed by atoms with Crippen LogP contribution in [-0.4, -0.2) is 11.1 Å². The summed E-state index contributed by atoms with van der Waals surface area (Å²) in [6.45, 7) is 1.87. The third-order valence-corrected chi connectivity index (χ3v) is 3.91. The third-order valence-electron chi connectivity index (χ3n) is 3.91. The Morgan fingerprint density at radius 2 is 1.81 bits per heavy atom. The zero-order valence-corrected chi connectivity index (χ0v) is 12.1. The zero-order chi connectivity index (χ0) is 14.8. The van der Waals surface area contributed by atoms with Crippen LogP contribution in [0.3, 0.4) is 0 Å². The van der Waals surface area contributed by atoms with E-state index in [1.54, 1.807) is 12.1 Å². The van der Waals surface area contributed by atoms with Crippen LogP contribution in [0.2, 0.25) is 0 Å². The summed E-state index contributed by atoms with van der Waals surface area (Å²) in [7, 11) is 0. The van der Waals surface area contributed by atoms with Crippen LogP contribution in [0, 0.1) is 6.92 Å². The van der Waals surface area contributed by atoms with Gasteiger partial charge in [0.1, 0.15) is 17.1 Å². The highest BCUT2D eigenvalue weighted by atomic mass is 16.5. The van der Waals surface area contributed by atoms with E-state index in [1.807, 2.05) is 25.1 Å². The third kappa shape index (κ3) is 2.92. The molecule has 3 rings (SSSR count). The summed E-state index contributed by atoms with van der Waals surface area (Å²) < 4.78 is 5.81. The lowest BCUT2D eigenvalue weighted by molar-refractivity contribution is 0.0694. The summed E-state index contributed by atoms with van der Waals surface area (Å²) in [6, 6.07) is 11.3. The molecule has 0 spiro atoms. The number of benzene rings is 2. The molecule has 1 aliphatic rings. The van der Waals surface area contributed by atoms with E-state index in [-0.39, 0.29) is 5.56 Å². The topological polar surface area (TPSA) is 46.5 Å². The Kier molecular flexibility index (Phi) is 3.65. The Morgan fingerprint density at radius 3 is 2.57 bits per heavy atom. The van der Waals surface area contributed by atoms with Gasteiger partial charge in [-0.15, -0.1) is 0 Å². The lowest BCUT2D eigenvalue weighted by Crippen LogP contribution is -2.03. The van der Waals surface area contributed by atoms with Gasteiger partial charge in [0.05, 0.1) is 0 Å². The Balaban J connectivity index is 1.92. The molecule has 0 unspecified atom stereocenters. The van der Waals surface area contributed by atoms with E-state index in [4.69, 9.17) is 4.74 Å². The number of aryl methyl sites for hydroxylation is 3. The van der Waals surface area contributed by atoms with Crippen LogP contribution >= 0.6 is 0 Å². The van der Waals surface area contributed by atoms with Crippen LogP contribution in [-0.2, 0) is 12.8 Å². The van der Waals surface area contributed by atoms with Gasteiger partial charge >= 0.3 is 5.97 Å². The molecule has 0 saturated heterocycles. The first-order chi connectivity index (χ1) is 10.1. The molecule has 0 bridgehead atoms. The second-order valence-corrected chi connectivity index (χ2v) is 5.54. The summed E-state index contributed by atoms with van der Waals surface area (Å²) in [5, 5.41) is 9.28. The van der Waals surface area contributed by atoms with Crippen molar-refractivity contribution in [1.29, 1.82) is 0 Å². The second kappa shape index (κ2) is 5.60. The van der Waals surface area contributed by atoms with E-state index >= 15 is 0 Å². The first-order valence-corrected chi connectivity index (χ1v) is 7.27. The monoisotopic (exact) mass is 282 g/mol. The van der Waals surface area contributed by atoms with Crippen molar-refractivity contribution in [3.63, 3.8) is 0 Å². The minimum absolute atomic E-state index is 0.202. The molecule has 0 amide bonds. The van der Waals surface area contributed by atoms with E-state index in [1.165, 1.54) is 24.0 Å². The van der Waals surface area contributed by atoms with Crippen LogP contribution in [0.5, 0.6) is 11.5 Å². The van der Waals surface area contributed by atoms with Crippen LogP contribution in [0.1, 0.15) is 39.9 Å². The van der Waals surface area contributed by atoms with Crippen LogP contribution in [0.25, 0.3) is 0 Å². The van der Waals surface area contributed by atoms with Gasteiger partial charge in [0.15, 0.2) is 0 Å². The summed E-state index contributed by atoms with van der Waals surface area (Å²) >= 11 is 0. The molecule has 1 aliphatic carbocycles. The maximum atomic E-state index is 11.3. The lowest BCUT2D eigenvalue weighted by atomic mass is 9.92. The average molecular weight is 282 g/mol. The predicted octanol–water partition coefficient (Wildman–Crippen LogP) is 4.36. The van der Waals surface area contributed by atoms with E-state index in [2.05, 4.69) is 6.07 Å². The molecule has 0 atom stereocenters. The van der Waals surface area contributed by atoms with Crippen molar-refractivity contribution in [2.75, 3.05) is 0 Å². The van der Waals surface area contributed by atoms with Crippen molar-refractivity contribution in [2.45, 2.75) is 32.6 Å². The van der Waals surface area contributed by atoms with Crippen LogP contribution < -0.4 is 4.74 Å². The number of fused-ring (bicyclic) bond motifs is 1. The zero-order valence-electron chi connectivity index (χ0n) is 12.1. The number of hydrogen-bond acceptors (Lipinski definition) is 2. The maximum Gasteiger partial charge on any atom is 0.339 e. The Bertz CT molecular complexity index is 689. The summed E-state index contributed by atoms with van der Waals surface area (Å²) in [5.74, 6) is 0.137. The number of carbonyl (C=O) groups is 1. The largest absolute Gasteiger partial charge is 0.478 e. The molecule has 0 heterocycles. The van der Waals surface area contributed by atoms with Crippen LogP contribution in [0.4, 0.5) is 0 Å². The van der Waals surface area contributed by atoms with Crippen molar-refractivity contribution >= 4 is 5.97 Å². The number of carboxylic acids is 1. The highest BCUT2D eigenvalue weighted by Crippen LogP contribution is 2.30. The molecule has 0 radical (unpaired) electrons. The quantitative estimate of drug-likeness (QED) is 0.909. The van der Waals surface area contributed by atoms with Crippen molar-refractivity contribution in [3.05, 3.63) is 58.7 Å². The van der Waals surface area contributed by atoms with Gasteiger partial charge in [0.25, 0.3) is 0 Å². The highest BCUT2D eigenvalue weighted by Gasteiger charge is 2.14. The smallest absolute Gasteiger partial charge is 0.339 e. The standard InChI is InChI=1S/C18H18O3/c1-12-6-9-17(16(10-12)18(19)20)21-15-8-7-13-4-2-3-5-14(13)11-15/h6-11H,2-5H2,1H3,(H,19,20). The van der Waals surface area contributed by atoms with Gasteiger partial charge < -0.3 is 9.84 Å². The fourth-order valence-corrected chi connectivity index (χ4v) is 2.80. The van der Waals surface area contributed by atoms with Gasteiger partial charge in [-0.1, -0.05) is 17.7 Å². The van der Waals surface area contributed by atoms with Crippen molar-refractivity contribution in [2.24, 2.45) is 0 Å². The molecule has 0 aliphatic heterocycles. The molecular weight excluding hydrogens is 264 g/mol. The molecule has 1 N–H and O–H groups in total. The van der Waals surface area contributed by atoms with Crippen LogP contribution in [0.15, 0.2) is 36.4 Å². The van der Waals surface area contributed by atoms with Gasteiger partial charge in [-0.05, 0) is 68.0 Å². The summed E-state index contributed by atoms with van der Waals surface area (Å²) in [6.07, 6.45) is 4.66. The maximum absolute atomic E-state index is 11.3. The normalized spacial score (nSPS) is 13.6. The van der Waals surface area contributed by atoms with Gasteiger partial charge in [-0.3, -0.25) is 0 Å². The van der Waals surface area contributed by atoms with Gasteiger partial charge in [-0.2, -0.15) is 0 Å². The van der Waals surface area contributed by atoms with Gasteiger partial charge in [-0.25, -0.2) is 4.79 Å². The van der Waals surface area contributed by atoms with Gasteiger partial charge in [0, 0.05) is 0 Å². The van der Waals surface area contributed by atoms with E-state index in [0.717, 1.165) is 18.4 Å².